The van der Waals surface area contributed by atoms with Crippen molar-refractivity contribution in [1.82, 2.24) is 0 Å². The number of halogens is 1. The first-order valence-corrected chi connectivity index (χ1v) is 2.52. The summed E-state index contributed by atoms with van der Waals surface area (Å²) in [7, 11) is 0. The Hall–Kier alpha value is -0.560. The predicted molar refractivity (Wildman–Crippen MR) is 34.8 cm³/mol. The molecule has 1 nitrogen and oxygen atoms in total. The molecule has 0 saturated carbocycles. The number of hydrogen-bond acceptors (Lipinski definition) is 1. The van der Waals surface area contributed by atoms with Gasteiger partial charge in [0.15, 0.2) is 0 Å². The molecule has 0 rings (SSSR count). The van der Waals surface area contributed by atoms with Gasteiger partial charge in [-0.1, -0.05) is 18.2 Å². The molecule has 0 aromatic heterocycles. The standard InChI is InChI=1S/C6H7ClO/c1-5(4-8)3-6(2)7/h3-4H,2H2,1H3/b5-3+. The summed E-state index contributed by atoms with van der Waals surface area (Å²) in [6.07, 6.45) is 2.24. The number of carbonyl (C=O) groups is 1. The van der Waals surface area contributed by atoms with E-state index in [1.807, 2.05) is 0 Å². The van der Waals surface area contributed by atoms with Crippen molar-refractivity contribution in [3.8, 4) is 0 Å². The molecule has 0 aliphatic heterocycles. The summed E-state index contributed by atoms with van der Waals surface area (Å²) in [5, 5.41) is 0.384. The van der Waals surface area contributed by atoms with Gasteiger partial charge in [-0.05, 0) is 18.6 Å². The molecule has 0 aromatic rings. The Balaban J connectivity index is 3.94. The number of allylic oxidation sites excluding steroid dienone is 3. The number of carbonyl (C=O) groups excluding carboxylic acids is 1. The summed E-state index contributed by atoms with van der Waals surface area (Å²) in [6, 6.07) is 0. The van der Waals surface area contributed by atoms with Crippen LogP contribution in [0.4, 0.5) is 0 Å². The molecular formula is C6H7ClO. The monoisotopic (exact) mass is 130 g/mol. The number of aldehydes is 1. The normalized spacial score (nSPS) is 11.0. The number of rotatable bonds is 2. The highest BCUT2D eigenvalue weighted by Crippen LogP contribution is 2.00. The van der Waals surface area contributed by atoms with E-state index in [0.717, 1.165) is 6.29 Å². The Labute approximate surface area is 53.6 Å². The molecule has 0 atom stereocenters. The third-order valence-electron chi connectivity index (χ3n) is 0.570. The third kappa shape index (κ3) is 3.62. The van der Waals surface area contributed by atoms with Crippen LogP contribution in [0.25, 0.3) is 0 Å². The van der Waals surface area contributed by atoms with Crippen LogP contribution >= 0.6 is 11.6 Å². The van der Waals surface area contributed by atoms with Crippen molar-refractivity contribution in [2.45, 2.75) is 6.92 Å². The van der Waals surface area contributed by atoms with Gasteiger partial charge in [0, 0.05) is 5.03 Å². The molecule has 0 aromatic carbocycles. The minimum atomic E-state index is 0.384. The first-order valence-electron chi connectivity index (χ1n) is 2.14. The lowest BCUT2D eigenvalue weighted by atomic mass is 10.3. The summed E-state index contributed by atoms with van der Waals surface area (Å²) in [6.45, 7) is 5.04. The zero-order valence-corrected chi connectivity index (χ0v) is 5.40. The van der Waals surface area contributed by atoms with Crippen molar-refractivity contribution in [3.05, 3.63) is 23.3 Å². The van der Waals surface area contributed by atoms with Crippen LogP contribution in [-0.4, -0.2) is 6.29 Å². The van der Waals surface area contributed by atoms with E-state index in [4.69, 9.17) is 11.6 Å². The van der Waals surface area contributed by atoms with Crippen LogP contribution in [0.1, 0.15) is 6.92 Å². The maximum absolute atomic E-state index is 9.87. The van der Waals surface area contributed by atoms with Crippen molar-refractivity contribution < 1.29 is 4.79 Å². The van der Waals surface area contributed by atoms with Gasteiger partial charge in [-0.2, -0.15) is 0 Å². The molecule has 8 heavy (non-hydrogen) atoms. The van der Waals surface area contributed by atoms with Gasteiger partial charge in [0.1, 0.15) is 6.29 Å². The molecule has 0 amide bonds. The first kappa shape index (κ1) is 7.44. The second kappa shape index (κ2) is 3.44. The van der Waals surface area contributed by atoms with Crippen molar-refractivity contribution in [3.63, 3.8) is 0 Å². The lowest BCUT2D eigenvalue weighted by Gasteiger charge is -1.82. The van der Waals surface area contributed by atoms with E-state index in [0.29, 0.717) is 10.6 Å². The highest BCUT2D eigenvalue weighted by molar-refractivity contribution is 6.31. The summed E-state index contributed by atoms with van der Waals surface area (Å²) in [5.74, 6) is 0. The maximum Gasteiger partial charge on any atom is 0.145 e. The van der Waals surface area contributed by atoms with E-state index in [-0.39, 0.29) is 0 Å². The molecule has 0 saturated heterocycles. The Bertz CT molecular complexity index is 135. The molecule has 44 valence electrons. The summed E-state index contributed by atoms with van der Waals surface area (Å²) in [4.78, 5) is 9.87. The molecule has 0 aliphatic carbocycles. The van der Waals surface area contributed by atoms with Gasteiger partial charge in [-0.15, -0.1) is 0 Å². The smallest absolute Gasteiger partial charge is 0.145 e. The average Bonchev–Trinajstić information content (AvgIpc) is 1.65. The molecule has 0 bridgehead atoms. The Kier molecular flexibility index (Phi) is 3.20. The summed E-state index contributed by atoms with van der Waals surface area (Å²) in [5.41, 5.74) is 0.588. The minimum absolute atomic E-state index is 0.384. The molecule has 0 radical (unpaired) electrons. The second-order valence-corrected chi connectivity index (χ2v) is 1.94. The van der Waals surface area contributed by atoms with Crippen molar-refractivity contribution in [1.29, 1.82) is 0 Å². The predicted octanol–water partition coefficient (Wildman–Crippen LogP) is 1.88. The fraction of sp³-hybridized carbons (Fsp3) is 0.167. The molecule has 0 spiro atoms. The molecule has 0 aliphatic rings. The Morgan fingerprint density at radius 3 is 2.38 bits per heavy atom. The van der Waals surface area contributed by atoms with Gasteiger partial charge >= 0.3 is 0 Å². The maximum atomic E-state index is 9.87. The van der Waals surface area contributed by atoms with Crippen molar-refractivity contribution >= 4 is 17.9 Å². The van der Waals surface area contributed by atoms with E-state index in [9.17, 15) is 4.79 Å². The molecule has 0 heterocycles. The zero-order chi connectivity index (χ0) is 6.57. The molecule has 0 unspecified atom stereocenters. The zero-order valence-electron chi connectivity index (χ0n) is 4.65. The summed E-state index contributed by atoms with van der Waals surface area (Å²) >= 11 is 5.32. The van der Waals surface area contributed by atoms with E-state index in [1.54, 1.807) is 6.92 Å². The summed E-state index contributed by atoms with van der Waals surface area (Å²) < 4.78 is 0. The Morgan fingerprint density at radius 2 is 2.25 bits per heavy atom. The molecular weight excluding hydrogens is 124 g/mol. The molecule has 0 N–H and O–H groups in total. The lowest BCUT2D eigenvalue weighted by Crippen LogP contribution is -1.73. The van der Waals surface area contributed by atoms with Crippen LogP contribution in [0, 0.1) is 0 Å². The van der Waals surface area contributed by atoms with Gasteiger partial charge in [0.2, 0.25) is 0 Å². The SMILES string of the molecule is C=C(Cl)/C=C(\C)C=O. The highest BCUT2D eigenvalue weighted by Gasteiger charge is 1.82. The molecule has 0 fully saturated rings. The van der Waals surface area contributed by atoms with Crippen LogP contribution in [0.15, 0.2) is 23.3 Å². The van der Waals surface area contributed by atoms with E-state index in [2.05, 4.69) is 6.58 Å². The minimum Gasteiger partial charge on any atom is -0.298 e. The van der Waals surface area contributed by atoms with Crippen LogP contribution in [-0.2, 0) is 4.79 Å². The van der Waals surface area contributed by atoms with Gasteiger partial charge in [0.05, 0.1) is 0 Å². The van der Waals surface area contributed by atoms with Crippen LogP contribution < -0.4 is 0 Å². The van der Waals surface area contributed by atoms with Crippen LogP contribution in [0.3, 0.4) is 0 Å². The Morgan fingerprint density at radius 1 is 1.75 bits per heavy atom. The van der Waals surface area contributed by atoms with Crippen molar-refractivity contribution in [2.75, 3.05) is 0 Å². The van der Waals surface area contributed by atoms with E-state index < -0.39 is 0 Å². The van der Waals surface area contributed by atoms with Crippen LogP contribution in [0.2, 0.25) is 0 Å². The first-order chi connectivity index (χ1) is 3.66. The van der Waals surface area contributed by atoms with Crippen molar-refractivity contribution in [2.24, 2.45) is 0 Å². The fourth-order valence-electron chi connectivity index (χ4n) is 0.281. The lowest BCUT2D eigenvalue weighted by molar-refractivity contribution is -0.104. The largest absolute Gasteiger partial charge is 0.298 e. The van der Waals surface area contributed by atoms with Gasteiger partial charge in [-0.3, -0.25) is 4.79 Å². The van der Waals surface area contributed by atoms with E-state index >= 15 is 0 Å². The fourth-order valence-corrected chi connectivity index (χ4v) is 0.453. The molecule has 2 heteroatoms. The third-order valence-corrected chi connectivity index (χ3v) is 0.679. The van der Waals surface area contributed by atoms with Gasteiger partial charge in [0.25, 0.3) is 0 Å². The number of hydrogen-bond donors (Lipinski definition) is 0. The second-order valence-electron chi connectivity index (χ2n) is 1.45. The van der Waals surface area contributed by atoms with Gasteiger partial charge in [-0.25, -0.2) is 0 Å². The topological polar surface area (TPSA) is 17.1 Å². The average molecular weight is 131 g/mol. The van der Waals surface area contributed by atoms with Crippen LogP contribution in [0.5, 0.6) is 0 Å². The van der Waals surface area contributed by atoms with Gasteiger partial charge < -0.3 is 0 Å². The quantitative estimate of drug-likeness (QED) is 0.317. The van der Waals surface area contributed by atoms with E-state index in [1.165, 1.54) is 6.08 Å². The highest BCUT2D eigenvalue weighted by atomic mass is 35.5.